The highest BCUT2D eigenvalue weighted by atomic mass is 16.3. The SMILES string of the molecule is c1cc(-c2cccc3c2oc2ccccc23)cc(N(c2ccc(-c3ccccc3-n3c4ccccc4c4ccccc43)cc2)c2cc3ccccc3c3ccccc23)c1. The van der Waals surface area contributed by atoms with Gasteiger partial charge in [0.1, 0.15) is 11.2 Å². The van der Waals surface area contributed by atoms with Crippen LogP contribution >= 0.6 is 0 Å². The molecule has 0 amide bonds. The summed E-state index contributed by atoms with van der Waals surface area (Å²) in [6.45, 7) is 0. The third-order valence-corrected chi connectivity index (χ3v) is 12.0. The Bertz CT molecular complexity index is 3520. The zero-order valence-corrected chi connectivity index (χ0v) is 32.1. The van der Waals surface area contributed by atoms with E-state index in [1.165, 1.54) is 48.9 Å². The van der Waals surface area contributed by atoms with E-state index in [1.54, 1.807) is 0 Å². The standard InChI is InChI=1S/C56H36N2O/c1-2-18-42-39(15-1)36-54(46-21-4-3-20-45(42)46)57(41-17-13-16-38(35-41)44-25-14-26-50-49-24-8-12-30-55(49)59-56(44)50)40-33-31-37(32-34-40)43-19-5-9-27-51(43)58-52-28-10-6-22-47(52)48-23-7-11-29-53(48)58/h1-36H. The number of rotatable bonds is 6. The van der Waals surface area contributed by atoms with Gasteiger partial charge in [-0.3, -0.25) is 0 Å². The lowest BCUT2D eigenvalue weighted by atomic mass is 9.97. The fourth-order valence-electron chi connectivity index (χ4n) is 9.32. The number of hydrogen-bond donors (Lipinski definition) is 0. The van der Waals surface area contributed by atoms with E-state index in [2.05, 4.69) is 216 Å². The largest absolute Gasteiger partial charge is 0.455 e. The van der Waals surface area contributed by atoms with Crippen LogP contribution in [0.1, 0.15) is 0 Å². The molecule has 3 heteroatoms. The summed E-state index contributed by atoms with van der Waals surface area (Å²) in [5.74, 6) is 0. The molecule has 0 aliphatic rings. The predicted octanol–water partition coefficient (Wildman–Crippen LogP) is 15.8. The van der Waals surface area contributed by atoms with Crippen molar-refractivity contribution < 1.29 is 4.42 Å². The number of furan rings is 1. The van der Waals surface area contributed by atoms with E-state index in [1.807, 2.05) is 12.1 Å². The molecule has 0 radical (unpaired) electrons. The molecule has 0 aliphatic heterocycles. The van der Waals surface area contributed by atoms with Gasteiger partial charge >= 0.3 is 0 Å². The Labute approximate surface area is 341 Å². The minimum atomic E-state index is 0.898. The maximum absolute atomic E-state index is 6.54. The summed E-state index contributed by atoms with van der Waals surface area (Å²) in [5, 5.41) is 9.63. The van der Waals surface area contributed by atoms with E-state index in [0.717, 1.165) is 61.4 Å². The lowest BCUT2D eigenvalue weighted by Crippen LogP contribution is -2.11. The maximum Gasteiger partial charge on any atom is 0.143 e. The molecule has 0 N–H and O–H groups in total. The molecule has 10 aromatic carbocycles. The quantitative estimate of drug-likeness (QED) is 0.158. The van der Waals surface area contributed by atoms with Gasteiger partial charge in [0.25, 0.3) is 0 Å². The van der Waals surface area contributed by atoms with Crippen LogP contribution < -0.4 is 4.90 Å². The number of aromatic nitrogens is 1. The molecule has 59 heavy (non-hydrogen) atoms. The zero-order valence-electron chi connectivity index (χ0n) is 32.1. The second-order valence-electron chi connectivity index (χ2n) is 15.3. The normalized spacial score (nSPS) is 11.7. The minimum Gasteiger partial charge on any atom is -0.455 e. The molecule has 12 rings (SSSR count). The maximum atomic E-state index is 6.54. The van der Waals surface area contributed by atoms with Crippen LogP contribution in [-0.2, 0) is 0 Å². The molecule has 0 saturated carbocycles. The van der Waals surface area contributed by atoms with Gasteiger partial charge in [-0.15, -0.1) is 0 Å². The Hall–Kier alpha value is -7.88. The predicted molar refractivity (Wildman–Crippen MR) is 249 cm³/mol. The lowest BCUT2D eigenvalue weighted by Gasteiger charge is -2.28. The molecule has 0 unspecified atom stereocenters. The molecule has 0 atom stereocenters. The second kappa shape index (κ2) is 13.4. The zero-order chi connectivity index (χ0) is 38.9. The van der Waals surface area contributed by atoms with E-state index in [4.69, 9.17) is 4.42 Å². The van der Waals surface area contributed by atoms with Gasteiger partial charge in [0.2, 0.25) is 0 Å². The molecule has 0 fully saturated rings. The highest BCUT2D eigenvalue weighted by Crippen LogP contribution is 2.45. The van der Waals surface area contributed by atoms with Gasteiger partial charge in [0.15, 0.2) is 0 Å². The molecule has 2 heterocycles. The third-order valence-electron chi connectivity index (χ3n) is 12.0. The van der Waals surface area contributed by atoms with Crippen LogP contribution in [0.2, 0.25) is 0 Å². The summed E-state index contributed by atoms with van der Waals surface area (Å²) in [6, 6.07) is 78.7. The Balaban J connectivity index is 1.05. The van der Waals surface area contributed by atoms with Crippen molar-refractivity contribution in [3.8, 4) is 27.9 Å². The van der Waals surface area contributed by atoms with Gasteiger partial charge < -0.3 is 13.9 Å². The third kappa shape index (κ3) is 5.29. The molecule has 0 spiro atoms. The number of para-hydroxylation sites is 5. The highest BCUT2D eigenvalue weighted by molar-refractivity contribution is 6.15. The number of anilines is 3. The molecular weight excluding hydrogens is 717 g/mol. The van der Waals surface area contributed by atoms with E-state index in [9.17, 15) is 0 Å². The topological polar surface area (TPSA) is 21.3 Å². The molecule has 276 valence electrons. The lowest BCUT2D eigenvalue weighted by molar-refractivity contribution is 0.670. The van der Waals surface area contributed by atoms with Gasteiger partial charge in [0.05, 0.1) is 22.4 Å². The van der Waals surface area contributed by atoms with Crippen LogP contribution in [0.3, 0.4) is 0 Å². The highest BCUT2D eigenvalue weighted by Gasteiger charge is 2.21. The van der Waals surface area contributed by atoms with Crippen molar-refractivity contribution in [3.05, 3.63) is 218 Å². The minimum absolute atomic E-state index is 0.898. The first-order chi connectivity index (χ1) is 29.3. The van der Waals surface area contributed by atoms with Crippen molar-refractivity contribution in [2.45, 2.75) is 0 Å². The van der Waals surface area contributed by atoms with Crippen molar-refractivity contribution in [1.29, 1.82) is 0 Å². The Morgan fingerprint density at radius 3 is 1.75 bits per heavy atom. The second-order valence-corrected chi connectivity index (χ2v) is 15.3. The molecule has 0 bridgehead atoms. The number of hydrogen-bond acceptors (Lipinski definition) is 2. The van der Waals surface area contributed by atoms with Crippen LogP contribution in [0, 0.1) is 0 Å². The van der Waals surface area contributed by atoms with E-state index < -0.39 is 0 Å². The Morgan fingerprint density at radius 2 is 0.949 bits per heavy atom. The van der Waals surface area contributed by atoms with E-state index >= 15 is 0 Å². The van der Waals surface area contributed by atoms with Gasteiger partial charge in [-0.2, -0.15) is 0 Å². The fourth-order valence-corrected chi connectivity index (χ4v) is 9.32. The van der Waals surface area contributed by atoms with Crippen LogP contribution in [0.15, 0.2) is 223 Å². The molecule has 12 aromatic rings. The summed E-state index contributed by atoms with van der Waals surface area (Å²) in [5.41, 5.74) is 13.1. The molecule has 3 nitrogen and oxygen atoms in total. The molecular formula is C56H36N2O. The fraction of sp³-hybridized carbons (Fsp3) is 0. The van der Waals surface area contributed by atoms with Crippen molar-refractivity contribution in [1.82, 2.24) is 4.57 Å². The summed E-state index contributed by atoms with van der Waals surface area (Å²) in [6.07, 6.45) is 0. The molecule has 0 saturated heterocycles. The van der Waals surface area contributed by atoms with Crippen LogP contribution in [0.25, 0.3) is 93.2 Å². The average Bonchev–Trinajstić information content (AvgIpc) is 3.86. The van der Waals surface area contributed by atoms with Crippen molar-refractivity contribution in [3.63, 3.8) is 0 Å². The van der Waals surface area contributed by atoms with Gasteiger partial charge in [-0.25, -0.2) is 0 Å². The Kier molecular flexibility index (Phi) is 7.54. The summed E-state index contributed by atoms with van der Waals surface area (Å²) in [4.78, 5) is 2.42. The van der Waals surface area contributed by atoms with Crippen LogP contribution in [0.5, 0.6) is 0 Å². The van der Waals surface area contributed by atoms with Crippen molar-refractivity contribution in [2.24, 2.45) is 0 Å². The molecule has 0 aliphatic carbocycles. The van der Waals surface area contributed by atoms with E-state index in [-0.39, 0.29) is 0 Å². The number of benzene rings is 10. The smallest absolute Gasteiger partial charge is 0.143 e. The average molecular weight is 753 g/mol. The number of fused-ring (bicyclic) bond motifs is 9. The number of nitrogens with zero attached hydrogens (tertiary/aromatic N) is 2. The van der Waals surface area contributed by atoms with Crippen molar-refractivity contribution in [2.75, 3.05) is 4.90 Å². The summed E-state index contributed by atoms with van der Waals surface area (Å²) in [7, 11) is 0. The monoisotopic (exact) mass is 752 g/mol. The van der Waals surface area contributed by atoms with E-state index in [0.29, 0.717) is 0 Å². The van der Waals surface area contributed by atoms with Gasteiger partial charge in [-0.05, 0) is 81.9 Å². The van der Waals surface area contributed by atoms with Gasteiger partial charge in [-0.1, -0.05) is 164 Å². The van der Waals surface area contributed by atoms with Crippen LogP contribution in [-0.4, -0.2) is 4.57 Å². The van der Waals surface area contributed by atoms with Gasteiger partial charge in [0, 0.05) is 49.4 Å². The first-order valence-electron chi connectivity index (χ1n) is 20.2. The Morgan fingerprint density at radius 1 is 0.356 bits per heavy atom. The van der Waals surface area contributed by atoms with Crippen molar-refractivity contribution >= 4 is 82.4 Å². The first kappa shape index (κ1) is 33.3. The summed E-state index contributed by atoms with van der Waals surface area (Å²) >= 11 is 0. The van der Waals surface area contributed by atoms with Crippen LogP contribution in [0.4, 0.5) is 17.1 Å². The first-order valence-corrected chi connectivity index (χ1v) is 20.2. The molecule has 2 aromatic heterocycles. The summed E-state index contributed by atoms with van der Waals surface area (Å²) < 4.78 is 8.95.